The number of hydrogen-bond acceptors (Lipinski definition) is 5. The summed E-state index contributed by atoms with van der Waals surface area (Å²) >= 11 is 0. The molecule has 0 saturated heterocycles. The number of fused-ring (bicyclic) bond motifs is 2. The van der Waals surface area contributed by atoms with E-state index in [0.717, 1.165) is 35.4 Å². The summed E-state index contributed by atoms with van der Waals surface area (Å²) in [6, 6.07) is 11.1. The molecule has 1 aromatic heterocycles. The molecule has 1 saturated carbocycles. The maximum Gasteiger partial charge on any atom is 0.224 e. The number of rotatable bonds is 5. The fourth-order valence-corrected chi connectivity index (χ4v) is 4.59. The Bertz CT molecular complexity index is 1290. The van der Waals surface area contributed by atoms with E-state index < -0.39 is 0 Å². The first-order valence-corrected chi connectivity index (χ1v) is 11.2. The molecule has 5 rings (SSSR count). The molecule has 0 bridgehead atoms. The predicted octanol–water partition coefficient (Wildman–Crippen LogP) is 4.35. The number of aryl methyl sites for hydroxylation is 1. The number of halogens is 1. The van der Waals surface area contributed by atoms with E-state index in [1.54, 1.807) is 29.6 Å². The van der Waals surface area contributed by atoms with Gasteiger partial charge in [0.25, 0.3) is 0 Å². The van der Waals surface area contributed by atoms with Gasteiger partial charge in [-0.1, -0.05) is 12.1 Å². The largest absolute Gasteiger partial charge is 0.388 e. The molecule has 1 aliphatic carbocycles. The fraction of sp³-hybridized carbons (Fsp3) is 0.320. The summed E-state index contributed by atoms with van der Waals surface area (Å²) in [5.74, 6) is 0.144. The molecule has 0 radical (unpaired) electrons. The van der Waals surface area contributed by atoms with E-state index in [2.05, 4.69) is 10.4 Å². The topological polar surface area (TPSA) is 77.2 Å². The number of nitrogens with zero attached hydrogens (tertiary/aromatic N) is 4. The van der Waals surface area contributed by atoms with Gasteiger partial charge in [0.05, 0.1) is 28.3 Å². The highest BCUT2D eigenvalue weighted by molar-refractivity contribution is 6.09. The van der Waals surface area contributed by atoms with Crippen molar-refractivity contribution in [3.63, 3.8) is 0 Å². The molecular weight excluding hydrogens is 419 g/mol. The van der Waals surface area contributed by atoms with Gasteiger partial charge in [-0.15, -0.1) is 0 Å². The molecule has 2 heterocycles. The highest BCUT2D eigenvalue weighted by Gasteiger charge is 2.34. The molecule has 2 N–H and O–H groups in total. The van der Waals surface area contributed by atoms with E-state index >= 15 is 0 Å². The minimum absolute atomic E-state index is 0.0496. The Morgan fingerprint density at radius 1 is 1.24 bits per heavy atom. The molecule has 170 valence electrons. The zero-order valence-electron chi connectivity index (χ0n) is 19.0. The van der Waals surface area contributed by atoms with Gasteiger partial charge in [-0.25, -0.2) is 4.39 Å². The first-order chi connectivity index (χ1) is 15.9. The molecule has 0 spiro atoms. The Hall–Kier alpha value is -3.68. The summed E-state index contributed by atoms with van der Waals surface area (Å²) in [6.07, 6.45) is 5.49. The van der Waals surface area contributed by atoms with Crippen molar-refractivity contribution < 1.29 is 9.18 Å². The lowest BCUT2D eigenvalue weighted by Gasteiger charge is -2.41. The zero-order valence-corrected chi connectivity index (χ0v) is 19.0. The van der Waals surface area contributed by atoms with Crippen molar-refractivity contribution in [2.24, 2.45) is 7.05 Å². The van der Waals surface area contributed by atoms with E-state index in [1.165, 1.54) is 12.3 Å². The number of amides is 1. The van der Waals surface area contributed by atoms with E-state index in [9.17, 15) is 9.18 Å². The monoisotopic (exact) mass is 446 g/mol. The van der Waals surface area contributed by atoms with E-state index in [4.69, 9.17) is 5.41 Å². The number of nitrogens with one attached hydrogen (secondary N) is 2. The second-order valence-corrected chi connectivity index (χ2v) is 8.82. The van der Waals surface area contributed by atoms with Crippen LogP contribution in [-0.2, 0) is 11.8 Å². The summed E-state index contributed by atoms with van der Waals surface area (Å²) in [7, 11) is 1.80. The van der Waals surface area contributed by atoms with Crippen LogP contribution in [-0.4, -0.2) is 40.5 Å². The smallest absolute Gasteiger partial charge is 0.224 e. The van der Waals surface area contributed by atoms with Gasteiger partial charge in [-0.3, -0.25) is 9.48 Å². The number of allylic oxidation sites excluding steroid dienone is 1. The number of benzene rings is 2. The van der Waals surface area contributed by atoms with Crippen LogP contribution in [0, 0.1) is 11.2 Å². The van der Waals surface area contributed by atoms with Crippen LogP contribution >= 0.6 is 0 Å². The normalized spacial score (nSPS) is 18.4. The minimum atomic E-state index is -0.330. The van der Waals surface area contributed by atoms with Crippen LogP contribution in [0.2, 0.25) is 0 Å². The molecule has 1 unspecified atom stereocenters. The molecular formula is C25H27FN6O. The number of hydrogen-bond donors (Lipinski definition) is 2. The van der Waals surface area contributed by atoms with Gasteiger partial charge >= 0.3 is 0 Å². The van der Waals surface area contributed by atoms with Gasteiger partial charge in [-0.2, -0.15) is 5.10 Å². The molecule has 1 atom stereocenters. The Labute approximate surface area is 192 Å². The third-order valence-corrected chi connectivity index (χ3v) is 6.36. The van der Waals surface area contributed by atoms with Gasteiger partial charge in [0.2, 0.25) is 5.91 Å². The number of carbonyl (C=O) groups is 1. The minimum Gasteiger partial charge on any atom is -0.388 e. The number of aromatic nitrogens is 2. The van der Waals surface area contributed by atoms with Gasteiger partial charge < -0.3 is 20.5 Å². The van der Waals surface area contributed by atoms with E-state index in [1.807, 2.05) is 42.3 Å². The third kappa shape index (κ3) is 3.65. The van der Waals surface area contributed by atoms with Gasteiger partial charge in [0, 0.05) is 44.5 Å². The lowest BCUT2D eigenvalue weighted by Crippen LogP contribution is -2.48. The lowest BCUT2D eigenvalue weighted by molar-refractivity contribution is -0.117. The van der Waals surface area contributed by atoms with Crippen LogP contribution in [0.4, 0.5) is 21.6 Å². The van der Waals surface area contributed by atoms with Gasteiger partial charge in [0.1, 0.15) is 5.82 Å². The summed E-state index contributed by atoms with van der Waals surface area (Å²) in [5.41, 5.74) is 3.82. The predicted molar refractivity (Wildman–Crippen MR) is 130 cm³/mol. The molecule has 8 heteroatoms. The van der Waals surface area contributed by atoms with Crippen LogP contribution in [0.3, 0.4) is 0 Å². The molecule has 1 fully saturated rings. The standard InChI is InChI=1S/C25H27FN6O/c1-15-14-31(25-24-20(26)5-4-6-22(24)30(3)29-25)23-11-17(7-10-21(23)32(15)16(2)33)18(12-27)13-28-19-8-9-19/h4-7,10-13,15,19,27-28H,8-9,14H2,1-3H3/b18-13+,27-12?. The van der Waals surface area contributed by atoms with Crippen molar-refractivity contribution in [3.8, 4) is 0 Å². The van der Waals surface area contributed by atoms with Gasteiger partial charge in [-0.05, 0) is 49.6 Å². The molecule has 1 aliphatic heterocycles. The van der Waals surface area contributed by atoms with Gasteiger partial charge in [0.15, 0.2) is 5.82 Å². The maximum absolute atomic E-state index is 14.9. The molecule has 7 nitrogen and oxygen atoms in total. The summed E-state index contributed by atoms with van der Waals surface area (Å²) < 4.78 is 16.6. The Kier molecular flexibility index (Phi) is 5.15. The van der Waals surface area contributed by atoms with E-state index in [0.29, 0.717) is 29.3 Å². The first-order valence-electron chi connectivity index (χ1n) is 11.2. The Balaban J connectivity index is 1.68. The van der Waals surface area contributed by atoms with Crippen LogP contribution < -0.4 is 15.1 Å². The number of anilines is 3. The molecule has 2 aliphatic rings. The number of carbonyl (C=O) groups excluding carboxylic acids is 1. The SMILES string of the molecule is CC(=O)N1c2ccc(/C(C=N)=C/NC3CC3)cc2N(c2nn(C)c3cccc(F)c23)CC1C. The van der Waals surface area contributed by atoms with Crippen LogP contribution in [0.25, 0.3) is 16.5 Å². The van der Waals surface area contributed by atoms with Crippen molar-refractivity contribution in [1.29, 1.82) is 5.41 Å². The third-order valence-electron chi connectivity index (χ3n) is 6.36. The highest BCUT2D eigenvalue weighted by Crippen LogP contribution is 2.43. The Morgan fingerprint density at radius 2 is 2.03 bits per heavy atom. The average Bonchev–Trinajstić information content (AvgIpc) is 3.55. The van der Waals surface area contributed by atoms with Crippen molar-refractivity contribution >= 4 is 45.8 Å². The van der Waals surface area contributed by atoms with Crippen molar-refractivity contribution in [2.75, 3.05) is 16.3 Å². The van der Waals surface area contributed by atoms with Crippen LogP contribution in [0.15, 0.2) is 42.6 Å². The Morgan fingerprint density at radius 3 is 2.73 bits per heavy atom. The summed E-state index contributed by atoms with van der Waals surface area (Å²) in [6.45, 7) is 4.01. The lowest BCUT2D eigenvalue weighted by atomic mass is 10.0. The fourth-order valence-electron chi connectivity index (χ4n) is 4.59. The van der Waals surface area contributed by atoms with Crippen LogP contribution in [0.1, 0.15) is 32.3 Å². The summed E-state index contributed by atoms with van der Waals surface area (Å²) in [4.78, 5) is 16.3. The second-order valence-electron chi connectivity index (χ2n) is 8.82. The summed E-state index contributed by atoms with van der Waals surface area (Å²) in [5, 5.41) is 16.4. The average molecular weight is 447 g/mol. The highest BCUT2D eigenvalue weighted by atomic mass is 19.1. The van der Waals surface area contributed by atoms with Crippen molar-refractivity contribution in [1.82, 2.24) is 15.1 Å². The zero-order chi connectivity index (χ0) is 23.3. The van der Waals surface area contributed by atoms with Crippen molar-refractivity contribution in [3.05, 3.63) is 54.0 Å². The quantitative estimate of drug-likeness (QED) is 0.572. The molecule has 2 aromatic carbocycles. The van der Waals surface area contributed by atoms with Crippen LogP contribution in [0.5, 0.6) is 0 Å². The van der Waals surface area contributed by atoms with E-state index in [-0.39, 0.29) is 17.8 Å². The molecule has 1 amide bonds. The second kappa shape index (κ2) is 8.03. The molecule has 33 heavy (non-hydrogen) atoms. The molecule has 3 aromatic rings. The first kappa shape index (κ1) is 21.2. The van der Waals surface area contributed by atoms with Crippen molar-refractivity contribution in [2.45, 2.75) is 38.8 Å². The maximum atomic E-state index is 14.9.